The maximum atomic E-state index is 12.6. The summed E-state index contributed by atoms with van der Waals surface area (Å²) in [4.78, 5) is 42.3. The van der Waals surface area contributed by atoms with Crippen molar-refractivity contribution in [1.82, 2.24) is 15.2 Å². The highest BCUT2D eigenvalue weighted by Crippen LogP contribution is 2.42. The molecule has 4 amide bonds. The van der Waals surface area contributed by atoms with Gasteiger partial charge in [-0.3, -0.25) is 14.5 Å². The molecule has 1 aliphatic carbocycles. The number of carbonyl (C=O) groups is 3. The first kappa shape index (κ1) is 16.8. The summed E-state index contributed by atoms with van der Waals surface area (Å²) >= 11 is 1.32. The van der Waals surface area contributed by atoms with Crippen LogP contribution < -0.4 is 15.4 Å². The molecule has 1 aromatic heterocycles. The van der Waals surface area contributed by atoms with Gasteiger partial charge in [-0.1, -0.05) is 11.3 Å². The van der Waals surface area contributed by atoms with Gasteiger partial charge >= 0.3 is 6.03 Å². The first-order chi connectivity index (χ1) is 12.4. The van der Waals surface area contributed by atoms with Crippen LogP contribution in [0.15, 0.2) is 18.2 Å². The van der Waals surface area contributed by atoms with E-state index >= 15 is 0 Å². The number of rotatable bonds is 5. The molecule has 2 heterocycles. The Morgan fingerprint density at radius 3 is 2.92 bits per heavy atom. The average Bonchev–Trinajstić information content (AvgIpc) is 3.35. The van der Waals surface area contributed by atoms with Gasteiger partial charge in [0.1, 0.15) is 17.8 Å². The molecule has 0 radical (unpaired) electrons. The van der Waals surface area contributed by atoms with Crippen molar-refractivity contribution in [2.75, 3.05) is 19.0 Å². The Morgan fingerprint density at radius 1 is 1.46 bits per heavy atom. The molecule has 8 nitrogen and oxygen atoms in total. The van der Waals surface area contributed by atoms with Crippen LogP contribution in [0.1, 0.15) is 19.8 Å². The van der Waals surface area contributed by atoms with Crippen molar-refractivity contribution in [2.24, 2.45) is 5.92 Å². The van der Waals surface area contributed by atoms with Gasteiger partial charge in [0, 0.05) is 6.07 Å². The number of hydrogen-bond acceptors (Lipinski definition) is 6. The molecule has 2 aliphatic rings. The monoisotopic (exact) mass is 374 g/mol. The van der Waals surface area contributed by atoms with Crippen LogP contribution >= 0.6 is 11.3 Å². The Balaban J connectivity index is 1.45. The Hall–Kier alpha value is -2.68. The maximum absolute atomic E-state index is 12.6. The summed E-state index contributed by atoms with van der Waals surface area (Å²) in [6.45, 7) is 1.40. The van der Waals surface area contributed by atoms with Crippen LogP contribution in [0.2, 0.25) is 0 Å². The van der Waals surface area contributed by atoms with E-state index in [1.165, 1.54) is 11.3 Å². The molecule has 0 spiro atoms. The van der Waals surface area contributed by atoms with E-state index in [4.69, 9.17) is 4.74 Å². The van der Waals surface area contributed by atoms with Crippen LogP contribution in [0.4, 0.5) is 9.93 Å². The quantitative estimate of drug-likeness (QED) is 0.779. The molecule has 2 fully saturated rings. The number of aromatic nitrogens is 1. The zero-order chi connectivity index (χ0) is 18.5. The summed E-state index contributed by atoms with van der Waals surface area (Å²) < 4.78 is 6.06. The lowest BCUT2D eigenvalue weighted by atomic mass is 9.96. The van der Waals surface area contributed by atoms with Crippen molar-refractivity contribution in [2.45, 2.75) is 25.3 Å². The van der Waals surface area contributed by atoms with E-state index < -0.39 is 17.5 Å². The van der Waals surface area contributed by atoms with Gasteiger partial charge in [0.25, 0.3) is 5.91 Å². The average molecular weight is 374 g/mol. The molecule has 1 aromatic carbocycles. The molecule has 1 unspecified atom stereocenters. The molecule has 4 rings (SSSR count). The second-order valence-corrected chi connectivity index (χ2v) is 7.73. The number of amides is 4. The van der Waals surface area contributed by atoms with Crippen LogP contribution in [-0.4, -0.2) is 46.9 Å². The van der Waals surface area contributed by atoms with Crippen molar-refractivity contribution in [3.8, 4) is 5.75 Å². The fourth-order valence-corrected chi connectivity index (χ4v) is 4.05. The number of urea groups is 1. The third-order valence-electron chi connectivity index (χ3n) is 4.84. The lowest BCUT2D eigenvalue weighted by molar-refractivity contribution is -0.134. The lowest BCUT2D eigenvalue weighted by Gasteiger charge is -2.20. The first-order valence-corrected chi connectivity index (χ1v) is 9.11. The third kappa shape index (κ3) is 2.78. The van der Waals surface area contributed by atoms with Crippen LogP contribution in [0, 0.1) is 5.92 Å². The summed E-state index contributed by atoms with van der Waals surface area (Å²) in [5.41, 5.74) is -0.176. The lowest BCUT2D eigenvalue weighted by Crippen LogP contribution is -2.46. The minimum absolute atomic E-state index is 0.159. The fourth-order valence-electron chi connectivity index (χ4n) is 3.19. The van der Waals surface area contributed by atoms with E-state index in [1.54, 1.807) is 20.1 Å². The summed E-state index contributed by atoms with van der Waals surface area (Å²) in [5, 5.41) is 5.80. The zero-order valence-electron chi connectivity index (χ0n) is 14.4. The van der Waals surface area contributed by atoms with Gasteiger partial charge in [0.15, 0.2) is 5.13 Å². The van der Waals surface area contributed by atoms with Crippen molar-refractivity contribution in [3.63, 3.8) is 0 Å². The first-order valence-electron chi connectivity index (χ1n) is 8.29. The molecule has 1 aliphatic heterocycles. The highest BCUT2D eigenvalue weighted by molar-refractivity contribution is 7.22. The van der Waals surface area contributed by atoms with Crippen LogP contribution in [0.25, 0.3) is 10.2 Å². The van der Waals surface area contributed by atoms with Gasteiger partial charge in [-0.2, -0.15) is 0 Å². The molecule has 2 N–H and O–H groups in total. The summed E-state index contributed by atoms with van der Waals surface area (Å²) in [5.74, 6) is 0.0411. The minimum Gasteiger partial charge on any atom is -0.497 e. The Labute approximate surface area is 153 Å². The number of nitrogens with one attached hydrogen (secondary N) is 2. The standard InChI is InChI=1S/C17H18N4O4S/c1-17(9-3-4-9)14(23)21(16(24)20-17)8-13(22)19-15-18-11-7-10(25-2)5-6-12(11)26-15/h5-7,9H,3-4,8H2,1-2H3,(H,20,24)(H,18,19,22). The van der Waals surface area contributed by atoms with Gasteiger partial charge in [-0.05, 0) is 37.8 Å². The second kappa shape index (κ2) is 5.94. The van der Waals surface area contributed by atoms with Crippen molar-refractivity contribution >= 4 is 44.5 Å². The van der Waals surface area contributed by atoms with E-state index in [2.05, 4.69) is 15.6 Å². The molecular weight excluding hydrogens is 356 g/mol. The van der Waals surface area contributed by atoms with Crippen LogP contribution in [-0.2, 0) is 9.59 Å². The van der Waals surface area contributed by atoms with E-state index in [-0.39, 0.29) is 18.4 Å². The van der Waals surface area contributed by atoms with Crippen molar-refractivity contribution in [3.05, 3.63) is 18.2 Å². The largest absolute Gasteiger partial charge is 0.497 e. The van der Waals surface area contributed by atoms with E-state index in [9.17, 15) is 14.4 Å². The minimum atomic E-state index is -0.885. The highest BCUT2D eigenvalue weighted by atomic mass is 32.1. The van der Waals surface area contributed by atoms with Gasteiger partial charge in [-0.15, -0.1) is 0 Å². The number of carbonyl (C=O) groups excluding carboxylic acids is 3. The number of methoxy groups -OCH3 is 1. The molecule has 2 aromatic rings. The molecule has 9 heteroatoms. The topological polar surface area (TPSA) is 101 Å². The second-order valence-electron chi connectivity index (χ2n) is 6.70. The number of imide groups is 1. The zero-order valence-corrected chi connectivity index (χ0v) is 15.2. The number of benzene rings is 1. The molecule has 1 saturated heterocycles. The number of ether oxygens (including phenoxy) is 1. The third-order valence-corrected chi connectivity index (χ3v) is 5.79. The Bertz CT molecular complexity index is 923. The fraction of sp³-hybridized carbons (Fsp3) is 0.412. The number of anilines is 1. The van der Waals surface area contributed by atoms with Crippen molar-refractivity contribution < 1.29 is 19.1 Å². The molecular formula is C17H18N4O4S. The Morgan fingerprint density at radius 2 is 2.23 bits per heavy atom. The van der Waals surface area contributed by atoms with Crippen LogP contribution in [0.5, 0.6) is 5.75 Å². The normalized spacial score (nSPS) is 22.6. The van der Waals surface area contributed by atoms with Crippen LogP contribution in [0.3, 0.4) is 0 Å². The summed E-state index contributed by atoms with van der Waals surface area (Å²) in [6, 6.07) is 4.94. The summed E-state index contributed by atoms with van der Waals surface area (Å²) in [6.07, 6.45) is 1.83. The molecule has 136 valence electrons. The van der Waals surface area contributed by atoms with Crippen molar-refractivity contribution in [1.29, 1.82) is 0 Å². The van der Waals surface area contributed by atoms with Gasteiger partial charge in [0.2, 0.25) is 5.91 Å². The number of fused-ring (bicyclic) bond motifs is 1. The predicted octanol–water partition coefficient (Wildman–Crippen LogP) is 1.96. The van der Waals surface area contributed by atoms with Gasteiger partial charge in [0.05, 0.1) is 17.3 Å². The van der Waals surface area contributed by atoms with E-state index in [1.807, 2.05) is 12.1 Å². The number of thiazole rings is 1. The Kier molecular flexibility index (Phi) is 3.83. The SMILES string of the molecule is COc1ccc2sc(NC(=O)CN3C(=O)NC(C)(C4CC4)C3=O)nc2c1. The smallest absolute Gasteiger partial charge is 0.325 e. The predicted molar refractivity (Wildman–Crippen MR) is 96.2 cm³/mol. The molecule has 1 atom stereocenters. The van der Waals surface area contributed by atoms with E-state index in [0.717, 1.165) is 22.4 Å². The van der Waals surface area contributed by atoms with Gasteiger partial charge < -0.3 is 15.4 Å². The summed E-state index contributed by atoms with van der Waals surface area (Å²) in [7, 11) is 1.57. The molecule has 1 saturated carbocycles. The van der Waals surface area contributed by atoms with Gasteiger partial charge in [-0.25, -0.2) is 9.78 Å². The molecule has 0 bridgehead atoms. The van der Waals surface area contributed by atoms with E-state index in [0.29, 0.717) is 16.4 Å². The highest BCUT2D eigenvalue weighted by Gasteiger charge is 2.56. The maximum Gasteiger partial charge on any atom is 0.325 e. The molecule has 26 heavy (non-hydrogen) atoms. The number of nitrogens with zero attached hydrogens (tertiary/aromatic N) is 2. The number of hydrogen-bond donors (Lipinski definition) is 2.